The van der Waals surface area contributed by atoms with Gasteiger partial charge in [0.2, 0.25) is 0 Å². The van der Waals surface area contributed by atoms with Crippen LogP contribution in [0.25, 0.3) is 0 Å². The van der Waals surface area contributed by atoms with Gasteiger partial charge in [-0.05, 0) is 51.1 Å². The predicted molar refractivity (Wildman–Crippen MR) is 107 cm³/mol. The second-order valence-corrected chi connectivity index (χ2v) is 20.5. The quantitative estimate of drug-likeness (QED) is 0.477. The Morgan fingerprint density at radius 2 is 1.46 bits per heavy atom. The first-order valence-corrected chi connectivity index (χ1v) is 15.8. The average Bonchev–Trinajstić information content (AvgIpc) is 3.01. The molecule has 0 aromatic carbocycles. The highest BCUT2D eigenvalue weighted by molar-refractivity contribution is 6.74. The van der Waals surface area contributed by atoms with E-state index in [1.165, 1.54) is 0 Å². The molecule has 0 aromatic rings. The Hall–Kier alpha value is 0.314. The molecule has 0 radical (unpaired) electrons. The molecule has 0 N–H and O–H groups in total. The van der Waals surface area contributed by atoms with E-state index in [-0.39, 0.29) is 27.8 Å². The molecule has 142 valence electrons. The lowest BCUT2D eigenvalue weighted by molar-refractivity contribution is -0.130. The second-order valence-electron chi connectivity index (χ2n) is 11.4. The molecule has 5 heteroatoms. The number of rotatable bonds is 4. The van der Waals surface area contributed by atoms with E-state index >= 15 is 0 Å². The number of epoxide rings is 1. The van der Waals surface area contributed by atoms with Crippen LogP contribution < -0.4 is 0 Å². The first-order valence-electron chi connectivity index (χ1n) is 9.47. The van der Waals surface area contributed by atoms with Crippen molar-refractivity contribution in [3.05, 3.63) is 0 Å². The third kappa shape index (κ3) is 3.57. The van der Waals surface area contributed by atoms with E-state index in [4.69, 9.17) is 13.6 Å². The molecule has 1 spiro atoms. The van der Waals surface area contributed by atoms with Gasteiger partial charge in [0.15, 0.2) is 16.6 Å². The molecular formula is C19H40O3Si2. The minimum absolute atomic E-state index is 0.0761. The van der Waals surface area contributed by atoms with Crippen LogP contribution >= 0.6 is 0 Å². The average molecular weight is 373 g/mol. The zero-order chi connectivity index (χ0) is 18.8. The molecule has 3 nitrogen and oxygen atoms in total. The summed E-state index contributed by atoms with van der Waals surface area (Å²) in [5, 5.41) is 0.235. The fraction of sp³-hybridized carbons (Fsp3) is 1.00. The highest BCUT2D eigenvalue weighted by atomic mass is 28.4. The summed E-state index contributed by atoms with van der Waals surface area (Å²) < 4.78 is 19.7. The summed E-state index contributed by atoms with van der Waals surface area (Å²) in [6, 6.07) is 0. The minimum atomic E-state index is -1.79. The molecule has 3 atom stereocenters. The molecule has 1 saturated heterocycles. The summed E-state index contributed by atoms with van der Waals surface area (Å²) in [6.45, 7) is 26.3. The third-order valence-electron chi connectivity index (χ3n) is 6.53. The van der Waals surface area contributed by atoms with Gasteiger partial charge in [-0.25, -0.2) is 0 Å². The summed E-state index contributed by atoms with van der Waals surface area (Å²) in [4.78, 5) is 0. The molecule has 2 fully saturated rings. The van der Waals surface area contributed by atoms with Crippen molar-refractivity contribution in [2.24, 2.45) is 5.41 Å². The summed E-state index contributed by atoms with van der Waals surface area (Å²) >= 11 is 0. The van der Waals surface area contributed by atoms with Crippen molar-refractivity contribution in [2.75, 3.05) is 6.61 Å². The van der Waals surface area contributed by atoms with Crippen LogP contribution in [0.3, 0.4) is 0 Å². The number of ether oxygens (including phenoxy) is 1. The Morgan fingerprint density at radius 3 is 1.83 bits per heavy atom. The first kappa shape index (κ1) is 20.6. The Kier molecular flexibility index (Phi) is 4.86. The zero-order valence-electron chi connectivity index (χ0n) is 17.9. The lowest BCUT2D eigenvalue weighted by Gasteiger charge is -2.55. The van der Waals surface area contributed by atoms with Crippen LogP contribution in [0.5, 0.6) is 0 Å². The van der Waals surface area contributed by atoms with E-state index in [1.54, 1.807) is 0 Å². The predicted octanol–water partition coefficient (Wildman–Crippen LogP) is 5.58. The molecule has 1 aliphatic carbocycles. The zero-order valence-corrected chi connectivity index (χ0v) is 19.9. The van der Waals surface area contributed by atoms with Gasteiger partial charge in [-0.2, -0.15) is 0 Å². The van der Waals surface area contributed by atoms with Crippen LogP contribution in [0.1, 0.15) is 54.4 Å². The van der Waals surface area contributed by atoms with Crippen LogP contribution in [-0.4, -0.2) is 40.5 Å². The van der Waals surface area contributed by atoms with Crippen molar-refractivity contribution in [3.8, 4) is 0 Å². The molecule has 2 aliphatic rings. The standard InChI is InChI=1S/C19H40O3Si2/c1-16(2,3)24(10,11)21-15-12-17(4,5)19(14-20-19)18(6,13-15)22-23(7,8)9/h15H,12-14H2,1-11H3/t15-,18+,19+/m1/s1. The lowest BCUT2D eigenvalue weighted by atomic mass is 9.61. The summed E-state index contributed by atoms with van der Waals surface area (Å²) in [5.41, 5.74) is -0.299. The van der Waals surface area contributed by atoms with Gasteiger partial charge in [0.1, 0.15) is 5.60 Å². The van der Waals surface area contributed by atoms with Crippen molar-refractivity contribution in [1.82, 2.24) is 0 Å². The Labute approximate surface area is 152 Å². The maximum Gasteiger partial charge on any atom is 0.192 e. The largest absolute Gasteiger partial charge is 0.414 e. The van der Waals surface area contributed by atoms with Gasteiger partial charge in [0.05, 0.1) is 12.2 Å². The highest BCUT2D eigenvalue weighted by Gasteiger charge is 2.71. The summed E-state index contributed by atoms with van der Waals surface area (Å²) in [7, 11) is -3.46. The van der Waals surface area contributed by atoms with E-state index in [9.17, 15) is 0 Å². The molecule has 1 saturated carbocycles. The SMILES string of the molecule is CC1(C)C[C@@H](O[Si](C)(C)C(C)(C)C)C[C@](C)(O[Si](C)(C)C)[C@]12CO2. The van der Waals surface area contributed by atoms with Crippen LogP contribution in [0, 0.1) is 5.41 Å². The Bertz CT molecular complexity index is 484. The van der Waals surface area contributed by atoms with Crippen LogP contribution in [0.15, 0.2) is 0 Å². The Balaban J connectivity index is 2.29. The monoisotopic (exact) mass is 372 g/mol. The van der Waals surface area contributed by atoms with Crippen LogP contribution in [0.4, 0.5) is 0 Å². The normalized spacial score (nSPS) is 36.9. The molecule has 24 heavy (non-hydrogen) atoms. The number of hydrogen-bond donors (Lipinski definition) is 0. The smallest absolute Gasteiger partial charge is 0.192 e. The van der Waals surface area contributed by atoms with Gasteiger partial charge in [-0.15, -0.1) is 0 Å². The lowest BCUT2D eigenvalue weighted by Crippen LogP contribution is -2.64. The fourth-order valence-corrected chi connectivity index (χ4v) is 7.32. The fourth-order valence-electron chi connectivity index (χ4n) is 4.37. The van der Waals surface area contributed by atoms with Gasteiger partial charge >= 0.3 is 0 Å². The molecule has 0 amide bonds. The summed E-state index contributed by atoms with van der Waals surface area (Å²) in [5.74, 6) is 0. The highest BCUT2D eigenvalue weighted by Crippen LogP contribution is 2.61. The maximum absolute atomic E-state index is 6.83. The van der Waals surface area contributed by atoms with E-state index in [0.29, 0.717) is 0 Å². The molecule has 1 aliphatic heterocycles. The second kappa shape index (κ2) is 5.65. The van der Waals surface area contributed by atoms with Gasteiger partial charge < -0.3 is 13.6 Å². The first-order chi connectivity index (χ1) is 10.4. The van der Waals surface area contributed by atoms with E-state index in [2.05, 4.69) is 74.3 Å². The third-order valence-corrected chi connectivity index (χ3v) is 12.1. The Morgan fingerprint density at radius 1 is 0.958 bits per heavy atom. The molecular weight excluding hydrogens is 332 g/mol. The molecule has 0 bridgehead atoms. The van der Waals surface area contributed by atoms with Gasteiger partial charge in [-0.1, -0.05) is 34.6 Å². The van der Waals surface area contributed by atoms with Crippen molar-refractivity contribution in [1.29, 1.82) is 0 Å². The van der Waals surface area contributed by atoms with Crippen molar-refractivity contribution in [3.63, 3.8) is 0 Å². The topological polar surface area (TPSA) is 31.0 Å². The van der Waals surface area contributed by atoms with E-state index in [0.717, 1.165) is 19.4 Å². The van der Waals surface area contributed by atoms with Gasteiger partial charge in [0, 0.05) is 17.9 Å². The summed E-state index contributed by atoms with van der Waals surface area (Å²) in [6.07, 6.45) is 2.27. The molecule has 2 rings (SSSR count). The van der Waals surface area contributed by atoms with Crippen LogP contribution in [0.2, 0.25) is 37.8 Å². The number of hydrogen-bond acceptors (Lipinski definition) is 3. The van der Waals surface area contributed by atoms with E-state index in [1.807, 2.05) is 0 Å². The van der Waals surface area contributed by atoms with Crippen molar-refractivity contribution in [2.45, 2.75) is 109 Å². The minimum Gasteiger partial charge on any atom is -0.414 e. The van der Waals surface area contributed by atoms with Gasteiger partial charge in [-0.3, -0.25) is 0 Å². The molecule has 0 unspecified atom stereocenters. The van der Waals surface area contributed by atoms with Crippen molar-refractivity contribution < 1.29 is 13.6 Å². The maximum atomic E-state index is 6.83. The van der Waals surface area contributed by atoms with Gasteiger partial charge in [0.25, 0.3) is 0 Å². The van der Waals surface area contributed by atoms with Crippen molar-refractivity contribution >= 4 is 16.6 Å². The van der Waals surface area contributed by atoms with Crippen LogP contribution in [-0.2, 0) is 13.6 Å². The molecule has 1 heterocycles. The van der Waals surface area contributed by atoms with E-state index < -0.39 is 16.6 Å². The molecule has 0 aromatic heterocycles.